The van der Waals surface area contributed by atoms with Gasteiger partial charge in [0.1, 0.15) is 5.75 Å². The molecular weight excluding hydrogens is 412 g/mol. The van der Waals surface area contributed by atoms with E-state index < -0.39 is 0 Å². The maximum Gasteiger partial charge on any atom is 0.227 e. The smallest absolute Gasteiger partial charge is 0.227 e. The van der Waals surface area contributed by atoms with E-state index >= 15 is 0 Å². The third-order valence-corrected chi connectivity index (χ3v) is 6.28. The highest BCUT2D eigenvalue weighted by Gasteiger charge is 2.31. The van der Waals surface area contributed by atoms with Crippen LogP contribution < -0.4 is 4.74 Å². The van der Waals surface area contributed by atoms with Crippen LogP contribution in [0.5, 0.6) is 5.75 Å². The molecule has 0 N–H and O–H groups in total. The van der Waals surface area contributed by atoms with Gasteiger partial charge in [0, 0.05) is 26.7 Å². The van der Waals surface area contributed by atoms with Crippen LogP contribution in [0, 0.1) is 5.92 Å². The molecule has 33 heavy (non-hydrogen) atoms. The Morgan fingerprint density at radius 3 is 2.52 bits per heavy atom. The van der Waals surface area contributed by atoms with Crippen molar-refractivity contribution in [2.75, 3.05) is 33.8 Å². The average Bonchev–Trinajstić information content (AvgIpc) is 2.99. The first-order chi connectivity index (χ1) is 16.0. The van der Waals surface area contributed by atoms with Gasteiger partial charge in [-0.2, -0.15) is 0 Å². The maximum atomic E-state index is 13.2. The van der Waals surface area contributed by atoms with Crippen LogP contribution in [0.3, 0.4) is 0 Å². The molecular formula is C28H30N2O3. The van der Waals surface area contributed by atoms with Crippen LogP contribution in [0.1, 0.15) is 11.1 Å². The number of likely N-dealkylation sites (N-methyl/N-ethyl adjacent to an activating group) is 1. The van der Waals surface area contributed by atoms with Gasteiger partial charge in [0.25, 0.3) is 0 Å². The van der Waals surface area contributed by atoms with Gasteiger partial charge in [0.05, 0.1) is 19.4 Å². The van der Waals surface area contributed by atoms with E-state index in [1.165, 1.54) is 0 Å². The zero-order valence-electron chi connectivity index (χ0n) is 19.2. The highest BCUT2D eigenvalue weighted by molar-refractivity contribution is 5.83. The van der Waals surface area contributed by atoms with E-state index in [0.717, 1.165) is 28.0 Å². The Bertz CT molecular complexity index is 1110. The summed E-state index contributed by atoms with van der Waals surface area (Å²) in [5.41, 5.74) is 4.30. The van der Waals surface area contributed by atoms with E-state index in [-0.39, 0.29) is 17.7 Å². The summed E-state index contributed by atoms with van der Waals surface area (Å²) in [6.07, 6.45) is 0.888. The molecule has 0 unspecified atom stereocenters. The van der Waals surface area contributed by atoms with Gasteiger partial charge in [-0.25, -0.2) is 0 Å². The molecule has 0 radical (unpaired) electrons. The number of amides is 2. The van der Waals surface area contributed by atoms with Crippen LogP contribution in [0.25, 0.3) is 11.1 Å². The van der Waals surface area contributed by atoms with Crippen LogP contribution >= 0.6 is 0 Å². The first kappa shape index (κ1) is 22.6. The second-order valence-electron chi connectivity index (χ2n) is 8.55. The molecule has 0 spiro atoms. The summed E-state index contributed by atoms with van der Waals surface area (Å²) in [6, 6.07) is 26.0. The molecule has 0 saturated carbocycles. The van der Waals surface area contributed by atoms with Gasteiger partial charge in [-0.1, -0.05) is 66.7 Å². The Hall–Kier alpha value is -3.60. The van der Waals surface area contributed by atoms with Gasteiger partial charge in [0.15, 0.2) is 0 Å². The van der Waals surface area contributed by atoms with Crippen LogP contribution in [0.15, 0.2) is 78.9 Å². The lowest BCUT2D eigenvalue weighted by Crippen LogP contribution is -2.38. The summed E-state index contributed by atoms with van der Waals surface area (Å²) in [6.45, 7) is 1.51. The van der Waals surface area contributed by atoms with Crippen molar-refractivity contribution in [2.24, 2.45) is 5.92 Å². The number of hydrogen-bond donors (Lipinski definition) is 0. The standard InChI is InChI=1S/C28H30N2O3/c1-29-15-16-30(27(31)18-21-9-8-13-25(17-21)33-2)20-24(28(29)32)19-23-12-6-7-14-26(23)22-10-4-3-5-11-22/h3-14,17,24H,15-16,18-20H2,1-2H3/t24-/m1/s1. The Morgan fingerprint density at radius 1 is 0.970 bits per heavy atom. The quantitative estimate of drug-likeness (QED) is 0.578. The van der Waals surface area contributed by atoms with Gasteiger partial charge in [-0.15, -0.1) is 0 Å². The molecule has 1 atom stereocenters. The largest absolute Gasteiger partial charge is 0.497 e. The van der Waals surface area contributed by atoms with Crippen molar-refractivity contribution < 1.29 is 14.3 Å². The fourth-order valence-electron chi connectivity index (χ4n) is 4.44. The molecule has 3 aromatic rings. The van der Waals surface area contributed by atoms with Crippen LogP contribution in [0.2, 0.25) is 0 Å². The molecule has 3 aromatic carbocycles. The van der Waals surface area contributed by atoms with E-state index in [4.69, 9.17) is 4.74 Å². The van der Waals surface area contributed by atoms with Crippen molar-refractivity contribution >= 4 is 11.8 Å². The number of carbonyl (C=O) groups is 2. The van der Waals surface area contributed by atoms with E-state index in [1.807, 2.05) is 66.5 Å². The summed E-state index contributed by atoms with van der Waals surface area (Å²) in [5, 5.41) is 0. The molecule has 5 nitrogen and oxygen atoms in total. The van der Waals surface area contributed by atoms with E-state index in [2.05, 4.69) is 24.3 Å². The van der Waals surface area contributed by atoms with Gasteiger partial charge < -0.3 is 14.5 Å². The molecule has 1 fully saturated rings. The second-order valence-corrected chi connectivity index (χ2v) is 8.55. The minimum Gasteiger partial charge on any atom is -0.497 e. The topological polar surface area (TPSA) is 49.9 Å². The van der Waals surface area contributed by atoms with Gasteiger partial charge in [-0.3, -0.25) is 9.59 Å². The van der Waals surface area contributed by atoms with Crippen LogP contribution in [-0.4, -0.2) is 55.4 Å². The molecule has 1 aliphatic heterocycles. The summed E-state index contributed by atoms with van der Waals surface area (Å²) in [7, 11) is 3.45. The van der Waals surface area contributed by atoms with Crippen molar-refractivity contribution in [1.29, 1.82) is 0 Å². The Labute approximate surface area is 195 Å². The molecule has 1 heterocycles. The number of ether oxygens (including phenoxy) is 1. The van der Waals surface area contributed by atoms with E-state index in [1.54, 1.807) is 12.0 Å². The Kier molecular flexibility index (Phi) is 7.08. The van der Waals surface area contributed by atoms with Crippen molar-refractivity contribution in [1.82, 2.24) is 9.80 Å². The predicted octanol–water partition coefficient (Wildman–Crippen LogP) is 4.06. The summed E-state index contributed by atoms with van der Waals surface area (Å²) < 4.78 is 5.28. The van der Waals surface area contributed by atoms with Crippen molar-refractivity contribution in [3.63, 3.8) is 0 Å². The van der Waals surface area contributed by atoms with Gasteiger partial charge in [-0.05, 0) is 40.8 Å². The molecule has 1 saturated heterocycles. The molecule has 5 heteroatoms. The monoisotopic (exact) mass is 442 g/mol. The van der Waals surface area contributed by atoms with Crippen molar-refractivity contribution in [2.45, 2.75) is 12.8 Å². The fraction of sp³-hybridized carbons (Fsp3) is 0.286. The highest BCUT2D eigenvalue weighted by atomic mass is 16.5. The average molecular weight is 443 g/mol. The molecule has 2 amide bonds. The van der Waals surface area contributed by atoms with E-state index in [0.29, 0.717) is 32.5 Å². The minimum absolute atomic E-state index is 0.0349. The normalized spacial score (nSPS) is 16.4. The summed E-state index contributed by atoms with van der Waals surface area (Å²) in [4.78, 5) is 30.0. The molecule has 4 rings (SSSR count). The molecule has 1 aliphatic rings. The first-order valence-electron chi connectivity index (χ1n) is 11.3. The first-order valence-corrected chi connectivity index (χ1v) is 11.3. The zero-order chi connectivity index (χ0) is 23.2. The maximum absolute atomic E-state index is 13.2. The Morgan fingerprint density at radius 2 is 1.73 bits per heavy atom. The lowest BCUT2D eigenvalue weighted by Gasteiger charge is -2.24. The highest BCUT2D eigenvalue weighted by Crippen LogP contribution is 2.27. The summed E-state index contributed by atoms with van der Waals surface area (Å²) in [5.74, 6) is 0.584. The third-order valence-electron chi connectivity index (χ3n) is 6.28. The van der Waals surface area contributed by atoms with Crippen molar-refractivity contribution in [3.8, 4) is 16.9 Å². The lowest BCUT2D eigenvalue weighted by molar-refractivity contribution is -0.133. The third kappa shape index (κ3) is 5.43. The van der Waals surface area contributed by atoms with Crippen LogP contribution in [-0.2, 0) is 22.4 Å². The second kappa shape index (κ2) is 10.3. The molecule has 0 aromatic heterocycles. The number of nitrogens with zero attached hydrogens (tertiary/aromatic N) is 2. The zero-order valence-corrected chi connectivity index (χ0v) is 19.2. The van der Waals surface area contributed by atoms with Crippen molar-refractivity contribution in [3.05, 3.63) is 90.0 Å². The van der Waals surface area contributed by atoms with Crippen LogP contribution in [0.4, 0.5) is 0 Å². The minimum atomic E-state index is -0.281. The van der Waals surface area contributed by atoms with Gasteiger partial charge in [0.2, 0.25) is 11.8 Å². The molecule has 0 aliphatic carbocycles. The van der Waals surface area contributed by atoms with E-state index in [9.17, 15) is 9.59 Å². The predicted molar refractivity (Wildman–Crippen MR) is 130 cm³/mol. The summed E-state index contributed by atoms with van der Waals surface area (Å²) >= 11 is 0. The molecule has 0 bridgehead atoms. The Balaban J connectivity index is 1.54. The number of methoxy groups -OCH3 is 1. The lowest BCUT2D eigenvalue weighted by atomic mass is 9.91. The van der Waals surface area contributed by atoms with Gasteiger partial charge >= 0.3 is 0 Å². The fourth-order valence-corrected chi connectivity index (χ4v) is 4.44. The SMILES string of the molecule is COc1cccc(CC(=O)N2CCN(C)C(=O)[C@H](Cc3ccccc3-c3ccccc3)C2)c1. The number of hydrogen-bond acceptors (Lipinski definition) is 3. The number of benzene rings is 3. The number of rotatable bonds is 6. The number of carbonyl (C=O) groups excluding carboxylic acids is 2. The molecule has 170 valence electrons.